The number of rotatable bonds is 8. The van der Waals surface area contributed by atoms with Crippen molar-refractivity contribution in [3.8, 4) is 17.1 Å². The summed E-state index contributed by atoms with van der Waals surface area (Å²) in [6, 6.07) is 2.90. The number of carbonyl (C=O) groups is 2. The number of unbranched alkanes of at least 4 members (excludes halogenated alkanes) is 1. The first-order valence-corrected chi connectivity index (χ1v) is 14.2. The molecule has 0 radical (unpaired) electrons. The highest BCUT2D eigenvalue weighted by molar-refractivity contribution is 5.99. The second-order valence-electron chi connectivity index (χ2n) is 12.1. The van der Waals surface area contributed by atoms with Crippen molar-refractivity contribution in [1.29, 1.82) is 0 Å². The average molecular weight is 628 g/mol. The molecule has 44 heavy (non-hydrogen) atoms. The Labute approximate surface area is 254 Å². The summed E-state index contributed by atoms with van der Waals surface area (Å²) in [5, 5.41) is 6.42. The molecule has 1 aromatic carbocycles. The van der Waals surface area contributed by atoms with Gasteiger partial charge in [0.25, 0.3) is 0 Å². The summed E-state index contributed by atoms with van der Waals surface area (Å²) < 4.78 is 68.2. The monoisotopic (exact) mass is 627 g/mol. The molecule has 12 nitrogen and oxygen atoms in total. The number of hydrogen-bond donors (Lipinski definition) is 1. The van der Waals surface area contributed by atoms with Crippen molar-refractivity contribution in [2.75, 3.05) is 26.9 Å². The summed E-state index contributed by atoms with van der Waals surface area (Å²) in [7, 11) is 1.55. The van der Waals surface area contributed by atoms with E-state index in [4.69, 9.17) is 23.5 Å². The molecule has 2 amide bonds. The van der Waals surface area contributed by atoms with Gasteiger partial charge in [-0.2, -0.15) is 18.2 Å². The summed E-state index contributed by atoms with van der Waals surface area (Å²) >= 11 is 0. The van der Waals surface area contributed by atoms with Crippen LogP contribution in [0.1, 0.15) is 84.7 Å². The van der Waals surface area contributed by atoms with E-state index in [2.05, 4.69) is 20.4 Å². The Balaban J connectivity index is 1.88. The van der Waals surface area contributed by atoms with Crippen LogP contribution in [0.3, 0.4) is 0 Å². The van der Waals surface area contributed by atoms with E-state index in [9.17, 15) is 22.8 Å². The van der Waals surface area contributed by atoms with Crippen LogP contribution in [-0.2, 0) is 20.4 Å². The molecule has 0 aliphatic carbocycles. The zero-order valence-corrected chi connectivity index (χ0v) is 26.0. The van der Waals surface area contributed by atoms with Crippen molar-refractivity contribution in [3.63, 3.8) is 0 Å². The number of hydrogen-bond acceptors (Lipinski definition) is 9. The van der Waals surface area contributed by atoms with Crippen LogP contribution >= 0.6 is 0 Å². The topological polar surface area (TPSA) is 138 Å². The lowest BCUT2D eigenvalue weighted by atomic mass is 10.1. The van der Waals surface area contributed by atoms with E-state index >= 15 is 0 Å². The standard InChI is InChI=1S/C29H40F3N5O7/c1-27(2,3)42-25(38)34-24(35-26(39)43-28(4,5)6)37-14-10-11-20(37)23-33-22(36-44-23)18-12-13-21(19(17-18)29(30,31)32)41-16-9-8-15-40-7/h12-13,17,20H,8-11,14-16H2,1-7H3,(H,34,35,38,39). The number of aromatic nitrogens is 2. The van der Waals surface area contributed by atoms with E-state index in [1.165, 1.54) is 12.1 Å². The van der Waals surface area contributed by atoms with E-state index in [1.807, 2.05) is 0 Å². The fourth-order valence-corrected chi connectivity index (χ4v) is 4.24. The van der Waals surface area contributed by atoms with Crippen molar-refractivity contribution in [1.82, 2.24) is 20.4 Å². The first-order chi connectivity index (χ1) is 20.5. The highest BCUT2D eigenvalue weighted by atomic mass is 19.4. The number of nitrogens with one attached hydrogen (secondary N) is 1. The Kier molecular flexibility index (Phi) is 11.2. The smallest absolute Gasteiger partial charge is 0.437 e. The van der Waals surface area contributed by atoms with Gasteiger partial charge in [0.15, 0.2) is 0 Å². The predicted molar refractivity (Wildman–Crippen MR) is 153 cm³/mol. The number of aliphatic imine (C=N–C) groups is 1. The number of likely N-dealkylation sites (tertiary alicyclic amines) is 1. The number of ether oxygens (including phenoxy) is 4. The molecule has 2 aromatic rings. The molecule has 2 heterocycles. The zero-order valence-electron chi connectivity index (χ0n) is 26.0. The van der Waals surface area contributed by atoms with Crippen molar-refractivity contribution in [3.05, 3.63) is 29.7 Å². The molecule has 1 aliphatic heterocycles. The van der Waals surface area contributed by atoms with Gasteiger partial charge in [0.05, 0.1) is 12.2 Å². The largest absolute Gasteiger partial charge is 0.493 e. The predicted octanol–water partition coefficient (Wildman–Crippen LogP) is 6.51. The number of methoxy groups -OCH3 is 1. The number of alkyl halides is 3. The lowest BCUT2D eigenvalue weighted by Crippen LogP contribution is -2.46. The average Bonchev–Trinajstić information content (AvgIpc) is 3.55. The van der Waals surface area contributed by atoms with Gasteiger partial charge in [-0.1, -0.05) is 5.16 Å². The summed E-state index contributed by atoms with van der Waals surface area (Å²) in [4.78, 5) is 35.1. The molecule has 0 saturated carbocycles. The minimum absolute atomic E-state index is 0.0624. The summed E-state index contributed by atoms with van der Waals surface area (Å²) in [6.45, 7) is 11.0. The van der Waals surface area contributed by atoms with Crippen LogP contribution in [0.2, 0.25) is 0 Å². The minimum atomic E-state index is -4.69. The van der Waals surface area contributed by atoms with E-state index in [0.29, 0.717) is 38.8 Å². The van der Waals surface area contributed by atoms with Gasteiger partial charge in [-0.05, 0) is 85.4 Å². The number of alkyl carbamates (subject to hydrolysis) is 1. The number of amides is 2. The van der Waals surface area contributed by atoms with Gasteiger partial charge in [0, 0.05) is 25.8 Å². The van der Waals surface area contributed by atoms with Crippen LogP contribution < -0.4 is 10.1 Å². The molecule has 1 fully saturated rings. The van der Waals surface area contributed by atoms with Crippen molar-refractivity contribution >= 4 is 18.1 Å². The van der Waals surface area contributed by atoms with Crippen LogP contribution in [0.5, 0.6) is 5.75 Å². The first kappa shape index (κ1) is 34.6. The van der Waals surface area contributed by atoms with Crippen LogP contribution in [0.25, 0.3) is 11.4 Å². The number of carbonyl (C=O) groups excluding carboxylic acids is 2. The van der Waals surface area contributed by atoms with Gasteiger partial charge in [0.2, 0.25) is 17.7 Å². The molecule has 1 aromatic heterocycles. The van der Waals surface area contributed by atoms with E-state index < -0.39 is 41.2 Å². The third kappa shape index (κ3) is 10.4. The third-order valence-corrected chi connectivity index (χ3v) is 6.00. The minimum Gasteiger partial charge on any atom is -0.493 e. The van der Waals surface area contributed by atoms with Gasteiger partial charge in [-0.15, -0.1) is 4.99 Å². The Morgan fingerprint density at radius 2 is 1.75 bits per heavy atom. The molecule has 1 atom stereocenters. The zero-order chi connectivity index (χ0) is 32.7. The second-order valence-corrected chi connectivity index (χ2v) is 12.1. The number of guanidine groups is 1. The lowest BCUT2D eigenvalue weighted by Gasteiger charge is -2.27. The van der Waals surface area contributed by atoms with Crippen LogP contribution in [0.4, 0.5) is 22.8 Å². The highest BCUT2D eigenvalue weighted by Gasteiger charge is 2.37. The van der Waals surface area contributed by atoms with E-state index in [-0.39, 0.29) is 35.6 Å². The van der Waals surface area contributed by atoms with Gasteiger partial charge in [0.1, 0.15) is 23.0 Å². The van der Waals surface area contributed by atoms with Gasteiger partial charge < -0.3 is 28.4 Å². The molecule has 3 rings (SSSR count). The van der Waals surface area contributed by atoms with Crippen LogP contribution in [0.15, 0.2) is 27.7 Å². The van der Waals surface area contributed by atoms with Gasteiger partial charge in [-0.3, -0.25) is 5.32 Å². The molecule has 0 spiro atoms. The van der Waals surface area contributed by atoms with Crippen molar-refractivity contribution in [2.45, 2.75) is 90.6 Å². The molecule has 1 unspecified atom stereocenters. The maximum Gasteiger partial charge on any atom is 0.437 e. The maximum absolute atomic E-state index is 13.9. The quantitative estimate of drug-likeness (QED) is 0.196. The first-order valence-electron chi connectivity index (χ1n) is 14.2. The van der Waals surface area contributed by atoms with Crippen LogP contribution in [0, 0.1) is 0 Å². The van der Waals surface area contributed by atoms with Crippen LogP contribution in [-0.4, -0.2) is 71.3 Å². The summed E-state index contributed by atoms with van der Waals surface area (Å²) in [5.41, 5.74) is -2.57. The Bertz CT molecular complexity index is 1320. The molecule has 1 N–H and O–H groups in total. The number of benzene rings is 1. The fourth-order valence-electron chi connectivity index (χ4n) is 4.24. The van der Waals surface area contributed by atoms with E-state index in [0.717, 1.165) is 6.07 Å². The molecule has 244 valence electrons. The molecule has 15 heteroatoms. The number of nitrogens with zero attached hydrogens (tertiary/aromatic N) is 4. The molecule has 1 aliphatic rings. The normalized spacial score (nSPS) is 16.2. The maximum atomic E-state index is 13.9. The Hall–Kier alpha value is -3.88. The highest BCUT2D eigenvalue weighted by Crippen LogP contribution is 2.39. The molecular formula is C29H40F3N5O7. The SMILES string of the molecule is COCCCCOc1ccc(-c2noc(C3CCCN3C(=NC(=O)OC(C)(C)C)NC(=O)OC(C)(C)C)n2)cc1C(F)(F)F. The molecule has 0 bridgehead atoms. The third-order valence-electron chi connectivity index (χ3n) is 6.00. The summed E-state index contributed by atoms with van der Waals surface area (Å²) in [6.07, 6.45) is -4.24. The van der Waals surface area contributed by atoms with Gasteiger partial charge in [-0.25, -0.2) is 9.59 Å². The van der Waals surface area contributed by atoms with E-state index in [1.54, 1.807) is 53.6 Å². The molecular weight excluding hydrogens is 587 g/mol. The molecule has 1 saturated heterocycles. The Morgan fingerprint density at radius 1 is 1.07 bits per heavy atom. The second kappa shape index (κ2) is 14.3. The van der Waals surface area contributed by atoms with Crippen molar-refractivity contribution < 1.29 is 46.2 Å². The fraction of sp³-hybridized carbons (Fsp3) is 0.621. The Morgan fingerprint density at radius 3 is 2.39 bits per heavy atom. The number of halogens is 3. The lowest BCUT2D eigenvalue weighted by molar-refractivity contribution is -0.138. The summed E-state index contributed by atoms with van der Waals surface area (Å²) in [5.74, 6) is -0.468. The van der Waals surface area contributed by atoms with Crippen molar-refractivity contribution in [2.24, 2.45) is 4.99 Å². The van der Waals surface area contributed by atoms with Gasteiger partial charge >= 0.3 is 18.4 Å².